The molecule has 0 radical (unpaired) electrons. The monoisotopic (exact) mass is 293 g/mol. The molecule has 0 saturated carbocycles. The van der Waals surface area contributed by atoms with E-state index >= 15 is 0 Å². The van der Waals surface area contributed by atoms with Crippen LogP contribution in [0.15, 0.2) is 65.3 Å². The summed E-state index contributed by atoms with van der Waals surface area (Å²) in [5.41, 5.74) is 2.70. The molecule has 0 aromatic heterocycles. The van der Waals surface area contributed by atoms with Crippen LogP contribution in [0.1, 0.15) is 18.1 Å². The van der Waals surface area contributed by atoms with Crippen molar-refractivity contribution in [2.45, 2.75) is 6.92 Å². The van der Waals surface area contributed by atoms with Gasteiger partial charge in [0.25, 0.3) is 0 Å². The summed E-state index contributed by atoms with van der Waals surface area (Å²) in [5.74, 6) is 0.321. The number of nitrogens with zero attached hydrogens (tertiary/aromatic N) is 1. The summed E-state index contributed by atoms with van der Waals surface area (Å²) in [6.45, 7) is 2.53. The van der Waals surface area contributed by atoms with Gasteiger partial charge < -0.3 is 9.57 Å². The lowest BCUT2D eigenvalue weighted by Crippen LogP contribution is -2.06. The van der Waals surface area contributed by atoms with Gasteiger partial charge in [0, 0.05) is 5.56 Å². The minimum absolute atomic E-state index is 0.444. The van der Waals surface area contributed by atoms with Crippen LogP contribution in [0.5, 0.6) is 5.75 Å². The van der Waals surface area contributed by atoms with Crippen molar-refractivity contribution in [1.82, 2.24) is 0 Å². The number of hydrogen-bond acceptors (Lipinski definition) is 4. The van der Waals surface area contributed by atoms with Crippen LogP contribution in [-0.2, 0) is 9.63 Å². The molecule has 2 aromatic carbocycles. The Labute approximate surface area is 128 Å². The second kappa shape index (κ2) is 6.26. The Bertz CT molecular complexity index is 748. The van der Waals surface area contributed by atoms with Gasteiger partial charge in [0.15, 0.2) is 0 Å². The molecule has 3 rings (SSSR count). The van der Waals surface area contributed by atoms with Crippen LogP contribution in [0.25, 0.3) is 6.08 Å². The molecule has 4 heteroatoms. The van der Waals surface area contributed by atoms with E-state index in [1.165, 1.54) is 0 Å². The topological polar surface area (TPSA) is 47.9 Å². The van der Waals surface area contributed by atoms with E-state index in [0.717, 1.165) is 16.9 Å². The van der Waals surface area contributed by atoms with Gasteiger partial charge in [0.1, 0.15) is 11.5 Å². The summed E-state index contributed by atoms with van der Waals surface area (Å²) in [7, 11) is 0. The molecule has 0 fully saturated rings. The van der Waals surface area contributed by atoms with Crippen LogP contribution in [0.4, 0.5) is 0 Å². The highest BCUT2D eigenvalue weighted by Gasteiger charge is 2.26. The summed E-state index contributed by atoms with van der Waals surface area (Å²) >= 11 is 0. The maximum Gasteiger partial charge on any atom is 0.368 e. The van der Waals surface area contributed by atoms with Gasteiger partial charge in [-0.3, -0.25) is 0 Å². The van der Waals surface area contributed by atoms with Crippen LogP contribution in [0.2, 0.25) is 0 Å². The summed E-state index contributed by atoms with van der Waals surface area (Å²) < 4.78 is 5.47. The van der Waals surface area contributed by atoms with Gasteiger partial charge >= 0.3 is 5.97 Å². The fourth-order valence-corrected chi connectivity index (χ4v) is 2.24. The number of benzene rings is 2. The minimum Gasteiger partial charge on any atom is -0.494 e. The summed E-state index contributed by atoms with van der Waals surface area (Å²) in [4.78, 5) is 16.8. The second-order valence-electron chi connectivity index (χ2n) is 4.75. The molecule has 0 saturated heterocycles. The lowest BCUT2D eigenvalue weighted by molar-refractivity contribution is -0.136. The zero-order valence-electron chi connectivity index (χ0n) is 12.2. The van der Waals surface area contributed by atoms with Gasteiger partial charge in [-0.15, -0.1) is 0 Å². The molecule has 0 amide bonds. The van der Waals surface area contributed by atoms with Gasteiger partial charge in [0.05, 0.1) is 12.2 Å². The number of carbonyl (C=O) groups is 1. The molecule has 0 spiro atoms. The van der Waals surface area contributed by atoms with Crippen molar-refractivity contribution >= 4 is 17.8 Å². The zero-order valence-corrected chi connectivity index (χ0v) is 12.2. The Morgan fingerprint density at radius 1 is 1.14 bits per heavy atom. The highest BCUT2D eigenvalue weighted by molar-refractivity contribution is 6.31. The first-order chi connectivity index (χ1) is 10.8. The van der Waals surface area contributed by atoms with Gasteiger partial charge in [-0.25, -0.2) is 4.79 Å². The number of rotatable bonds is 4. The first-order valence-electron chi connectivity index (χ1n) is 7.07. The number of carbonyl (C=O) groups excluding carboxylic acids is 1. The minimum atomic E-state index is -0.444. The van der Waals surface area contributed by atoms with E-state index in [2.05, 4.69) is 5.16 Å². The average Bonchev–Trinajstić information content (AvgIpc) is 2.90. The lowest BCUT2D eigenvalue weighted by atomic mass is 10.0. The molecule has 1 heterocycles. The Kier molecular flexibility index (Phi) is 4.01. The first kappa shape index (κ1) is 14.1. The molecular weight excluding hydrogens is 278 g/mol. The third-order valence-electron chi connectivity index (χ3n) is 3.22. The van der Waals surface area contributed by atoms with Crippen LogP contribution >= 0.6 is 0 Å². The largest absolute Gasteiger partial charge is 0.494 e. The van der Waals surface area contributed by atoms with Crippen LogP contribution in [0.3, 0.4) is 0 Å². The van der Waals surface area contributed by atoms with E-state index in [1.807, 2.05) is 61.5 Å². The van der Waals surface area contributed by atoms with Crippen molar-refractivity contribution in [2.24, 2.45) is 5.16 Å². The van der Waals surface area contributed by atoms with E-state index in [9.17, 15) is 4.79 Å². The van der Waals surface area contributed by atoms with Crippen LogP contribution < -0.4 is 4.74 Å². The molecule has 0 atom stereocenters. The standard InChI is InChI=1S/C18H15NO3/c1-2-21-15-10-6-7-13(11-15)12-16-17(19-22-18(16)20)14-8-4-3-5-9-14/h3-12H,2H2,1H3/b16-12+. The average molecular weight is 293 g/mol. The van der Waals surface area contributed by atoms with Crippen molar-refractivity contribution in [3.8, 4) is 5.75 Å². The van der Waals surface area contributed by atoms with Crippen molar-refractivity contribution in [3.05, 3.63) is 71.3 Å². The Hall–Kier alpha value is -2.88. The molecular formula is C18H15NO3. The molecule has 4 nitrogen and oxygen atoms in total. The molecule has 0 unspecified atom stereocenters. The molecule has 1 aliphatic rings. The highest BCUT2D eigenvalue weighted by Crippen LogP contribution is 2.22. The number of oxime groups is 1. The Balaban J connectivity index is 1.96. The van der Waals surface area contributed by atoms with Crippen LogP contribution in [-0.4, -0.2) is 18.3 Å². The SMILES string of the molecule is CCOc1cccc(/C=C2/C(=O)ON=C2c2ccccc2)c1. The van der Waals surface area contributed by atoms with E-state index in [-0.39, 0.29) is 0 Å². The highest BCUT2D eigenvalue weighted by atomic mass is 16.7. The summed E-state index contributed by atoms with van der Waals surface area (Å²) in [6.07, 6.45) is 1.77. The zero-order chi connectivity index (χ0) is 15.4. The van der Waals surface area contributed by atoms with Crippen molar-refractivity contribution in [2.75, 3.05) is 6.61 Å². The predicted octanol–water partition coefficient (Wildman–Crippen LogP) is 3.43. The molecule has 1 aliphatic heterocycles. The molecule has 110 valence electrons. The van der Waals surface area contributed by atoms with Gasteiger partial charge in [-0.05, 0) is 30.7 Å². The van der Waals surface area contributed by atoms with E-state index in [0.29, 0.717) is 17.9 Å². The Morgan fingerprint density at radius 3 is 2.73 bits per heavy atom. The third-order valence-corrected chi connectivity index (χ3v) is 3.22. The van der Waals surface area contributed by atoms with Crippen molar-refractivity contribution in [1.29, 1.82) is 0 Å². The smallest absolute Gasteiger partial charge is 0.368 e. The quantitative estimate of drug-likeness (QED) is 0.641. The Morgan fingerprint density at radius 2 is 1.95 bits per heavy atom. The maximum atomic E-state index is 11.9. The first-order valence-corrected chi connectivity index (χ1v) is 7.07. The molecule has 2 aromatic rings. The van der Waals surface area contributed by atoms with Gasteiger partial charge in [-0.2, -0.15) is 0 Å². The van der Waals surface area contributed by atoms with E-state index in [4.69, 9.17) is 9.57 Å². The lowest BCUT2D eigenvalue weighted by Gasteiger charge is -2.04. The van der Waals surface area contributed by atoms with Crippen molar-refractivity contribution < 1.29 is 14.4 Å². The maximum absolute atomic E-state index is 11.9. The van der Waals surface area contributed by atoms with E-state index < -0.39 is 5.97 Å². The second-order valence-corrected chi connectivity index (χ2v) is 4.75. The van der Waals surface area contributed by atoms with E-state index in [1.54, 1.807) is 6.08 Å². The molecule has 22 heavy (non-hydrogen) atoms. The summed E-state index contributed by atoms with van der Waals surface area (Å²) in [6, 6.07) is 17.0. The molecule has 0 aliphatic carbocycles. The predicted molar refractivity (Wildman–Crippen MR) is 84.7 cm³/mol. The fourth-order valence-electron chi connectivity index (χ4n) is 2.24. The fraction of sp³-hybridized carbons (Fsp3) is 0.111. The van der Waals surface area contributed by atoms with Gasteiger partial charge in [0.2, 0.25) is 0 Å². The number of ether oxygens (including phenoxy) is 1. The van der Waals surface area contributed by atoms with Crippen molar-refractivity contribution in [3.63, 3.8) is 0 Å². The number of hydrogen-bond donors (Lipinski definition) is 0. The summed E-state index contributed by atoms with van der Waals surface area (Å²) in [5, 5.41) is 3.89. The molecule has 0 N–H and O–H groups in total. The van der Waals surface area contributed by atoms with Gasteiger partial charge in [-0.1, -0.05) is 47.6 Å². The van der Waals surface area contributed by atoms with Crippen LogP contribution in [0, 0.1) is 0 Å². The normalized spacial score (nSPS) is 15.6. The molecule has 0 bridgehead atoms. The third kappa shape index (κ3) is 2.91.